The molecule has 0 radical (unpaired) electrons. The van der Waals surface area contributed by atoms with Crippen LogP contribution in [0.2, 0.25) is 0 Å². The van der Waals surface area contributed by atoms with Crippen molar-refractivity contribution < 1.29 is 9.90 Å². The zero-order valence-electron chi connectivity index (χ0n) is 10.1. The van der Waals surface area contributed by atoms with E-state index in [2.05, 4.69) is 11.1 Å². The van der Waals surface area contributed by atoms with Crippen molar-refractivity contribution in [2.24, 2.45) is 0 Å². The van der Waals surface area contributed by atoms with Crippen LogP contribution in [0.25, 0.3) is 0 Å². The lowest BCUT2D eigenvalue weighted by molar-refractivity contribution is 0.0696. The van der Waals surface area contributed by atoms with Gasteiger partial charge in [-0.2, -0.15) is 5.26 Å². The van der Waals surface area contributed by atoms with E-state index in [0.29, 0.717) is 10.6 Å². The Balaban J connectivity index is 2.34. The number of pyridine rings is 1. The first-order valence-electron chi connectivity index (χ1n) is 5.48. The molecule has 0 bridgehead atoms. The number of carboxylic acid groups (broad SMARTS) is 1. The minimum atomic E-state index is -0.992. The Labute approximate surface area is 114 Å². The van der Waals surface area contributed by atoms with Crippen LogP contribution in [0.4, 0.5) is 0 Å². The van der Waals surface area contributed by atoms with E-state index in [1.165, 1.54) is 30.1 Å². The molecule has 94 valence electrons. The standard InChI is InChI=1S/C14H10N2O2S/c1-9-2-3-12(11(6-9)8-15)19-13-7-10(14(17)18)4-5-16-13/h2-7H,1H3,(H,17,18). The van der Waals surface area contributed by atoms with Gasteiger partial charge in [-0.1, -0.05) is 17.8 Å². The average molecular weight is 270 g/mol. The van der Waals surface area contributed by atoms with E-state index in [1.807, 2.05) is 19.1 Å². The fourth-order valence-electron chi connectivity index (χ4n) is 1.53. The molecule has 0 aliphatic heterocycles. The minimum Gasteiger partial charge on any atom is -0.478 e. The Morgan fingerprint density at radius 2 is 2.16 bits per heavy atom. The van der Waals surface area contributed by atoms with E-state index in [1.54, 1.807) is 6.07 Å². The maximum absolute atomic E-state index is 10.9. The van der Waals surface area contributed by atoms with Crippen LogP contribution in [0.1, 0.15) is 21.5 Å². The zero-order valence-corrected chi connectivity index (χ0v) is 10.9. The van der Waals surface area contributed by atoms with Crippen LogP contribution in [-0.2, 0) is 0 Å². The molecule has 4 nitrogen and oxygen atoms in total. The van der Waals surface area contributed by atoms with Gasteiger partial charge >= 0.3 is 5.97 Å². The summed E-state index contributed by atoms with van der Waals surface area (Å²) in [4.78, 5) is 15.8. The Morgan fingerprint density at radius 3 is 2.84 bits per heavy atom. The molecule has 1 heterocycles. The molecule has 0 saturated carbocycles. The number of nitrogens with zero attached hydrogens (tertiary/aromatic N) is 2. The number of benzene rings is 1. The van der Waals surface area contributed by atoms with Crippen LogP contribution in [0.3, 0.4) is 0 Å². The summed E-state index contributed by atoms with van der Waals surface area (Å²) in [5.41, 5.74) is 1.75. The highest BCUT2D eigenvalue weighted by atomic mass is 32.2. The maximum Gasteiger partial charge on any atom is 0.335 e. The first kappa shape index (κ1) is 13.1. The summed E-state index contributed by atoms with van der Waals surface area (Å²) in [6, 6.07) is 10.6. The van der Waals surface area contributed by atoms with Gasteiger partial charge in [-0.15, -0.1) is 0 Å². The number of aryl methyl sites for hydroxylation is 1. The van der Waals surface area contributed by atoms with Crippen LogP contribution < -0.4 is 0 Å². The molecule has 5 heteroatoms. The van der Waals surface area contributed by atoms with Crippen LogP contribution in [0, 0.1) is 18.3 Å². The summed E-state index contributed by atoms with van der Waals surface area (Å²) < 4.78 is 0. The zero-order chi connectivity index (χ0) is 13.8. The Morgan fingerprint density at radius 1 is 1.37 bits per heavy atom. The third-order valence-electron chi connectivity index (χ3n) is 2.45. The van der Waals surface area contributed by atoms with Crippen LogP contribution in [0.5, 0.6) is 0 Å². The van der Waals surface area contributed by atoms with Gasteiger partial charge in [0, 0.05) is 11.1 Å². The molecule has 19 heavy (non-hydrogen) atoms. The number of rotatable bonds is 3. The average Bonchev–Trinajstić information content (AvgIpc) is 2.41. The fraction of sp³-hybridized carbons (Fsp3) is 0.0714. The number of aromatic carboxylic acids is 1. The highest BCUT2D eigenvalue weighted by Crippen LogP contribution is 2.29. The number of hydrogen-bond donors (Lipinski definition) is 1. The van der Waals surface area contributed by atoms with E-state index < -0.39 is 5.97 Å². The van der Waals surface area contributed by atoms with Gasteiger partial charge in [0.05, 0.1) is 11.1 Å². The lowest BCUT2D eigenvalue weighted by Gasteiger charge is -2.04. The highest BCUT2D eigenvalue weighted by Gasteiger charge is 2.08. The largest absolute Gasteiger partial charge is 0.478 e. The molecule has 0 unspecified atom stereocenters. The van der Waals surface area contributed by atoms with Crippen LogP contribution in [-0.4, -0.2) is 16.1 Å². The van der Waals surface area contributed by atoms with Gasteiger partial charge in [-0.25, -0.2) is 9.78 Å². The quantitative estimate of drug-likeness (QED) is 0.927. The lowest BCUT2D eigenvalue weighted by atomic mass is 10.2. The Hall–Kier alpha value is -2.32. The number of carboxylic acids is 1. The monoisotopic (exact) mass is 270 g/mol. The molecule has 2 aromatic rings. The molecular formula is C14H10N2O2S. The highest BCUT2D eigenvalue weighted by molar-refractivity contribution is 7.99. The van der Waals surface area contributed by atoms with E-state index >= 15 is 0 Å². The fourth-order valence-corrected chi connectivity index (χ4v) is 2.41. The molecule has 0 atom stereocenters. The molecule has 0 aliphatic carbocycles. The van der Waals surface area contributed by atoms with Crippen molar-refractivity contribution in [2.45, 2.75) is 16.8 Å². The Bertz CT molecular complexity index is 677. The maximum atomic E-state index is 10.9. The predicted octanol–water partition coefficient (Wildman–Crippen LogP) is 3.11. The van der Waals surface area contributed by atoms with E-state index in [0.717, 1.165) is 10.5 Å². The molecule has 0 fully saturated rings. The van der Waals surface area contributed by atoms with E-state index in [9.17, 15) is 4.79 Å². The summed E-state index contributed by atoms with van der Waals surface area (Å²) >= 11 is 1.28. The number of aromatic nitrogens is 1. The summed E-state index contributed by atoms with van der Waals surface area (Å²) in [6.45, 7) is 1.92. The second-order valence-corrected chi connectivity index (χ2v) is 4.96. The van der Waals surface area contributed by atoms with Gasteiger partial charge in [0.1, 0.15) is 11.1 Å². The summed E-state index contributed by atoms with van der Waals surface area (Å²) in [5.74, 6) is -0.992. The number of hydrogen-bond acceptors (Lipinski definition) is 4. The van der Waals surface area contributed by atoms with Crippen molar-refractivity contribution in [2.75, 3.05) is 0 Å². The molecule has 1 N–H and O–H groups in total. The first-order valence-corrected chi connectivity index (χ1v) is 6.30. The number of nitriles is 1. The van der Waals surface area contributed by atoms with Gasteiger partial charge in [0.2, 0.25) is 0 Å². The summed E-state index contributed by atoms with van der Waals surface area (Å²) in [7, 11) is 0. The second kappa shape index (κ2) is 5.55. The second-order valence-electron chi connectivity index (χ2n) is 3.90. The van der Waals surface area contributed by atoms with Gasteiger partial charge in [0.25, 0.3) is 0 Å². The van der Waals surface area contributed by atoms with Crippen molar-refractivity contribution in [1.29, 1.82) is 5.26 Å². The third-order valence-corrected chi connectivity index (χ3v) is 3.46. The summed E-state index contributed by atoms with van der Waals surface area (Å²) in [5, 5.41) is 18.6. The third kappa shape index (κ3) is 3.12. The predicted molar refractivity (Wildman–Crippen MR) is 71.2 cm³/mol. The van der Waals surface area contributed by atoms with Gasteiger partial charge in [0.15, 0.2) is 0 Å². The number of carbonyl (C=O) groups is 1. The SMILES string of the molecule is Cc1ccc(Sc2cc(C(=O)O)ccn2)c(C#N)c1. The molecule has 1 aromatic heterocycles. The Kier molecular flexibility index (Phi) is 3.83. The molecular weight excluding hydrogens is 260 g/mol. The van der Waals surface area contributed by atoms with Crippen molar-refractivity contribution in [1.82, 2.24) is 4.98 Å². The first-order chi connectivity index (χ1) is 9.10. The molecule has 1 aromatic carbocycles. The van der Waals surface area contributed by atoms with Crippen molar-refractivity contribution in [3.8, 4) is 6.07 Å². The molecule has 0 saturated heterocycles. The van der Waals surface area contributed by atoms with Crippen molar-refractivity contribution in [3.63, 3.8) is 0 Å². The van der Waals surface area contributed by atoms with Crippen LogP contribution >= 0.6 is 11.8 Å². The van der Waals surface area contributed by atoms with Crippen LogP contribution in [0.15, 0.2) is 46.5 Å². The summed E-state index contributed by atoms with van der Waals surface area (Å²) in [6.07, 6.45) is 1.45. The van der Waals surface area contributed by atoms with Crippen molar-refractivity contribution in [3.05, 3.63) is 53.2 Å². The minimum absolute atomic E-state index is 0.183. The molecule has 0 amide bonds. The van der Waals surface area contributed by atoms with E-state index in [-0.39, 0.29) is 5.56 Å². The van der Waals surface area contributed by atoms with Gasteiger partial charge in [-0.3, -0.25) is 0 Å². The normalized spacial score (nSPS) is 9.89. The lowest BCUT2D eigenvalue weighted by Crippen LogP contribution is -1.96. The molecule has 2 rings (SSSR count). The topological polar surface area (TPSA) is 74.0 Å². The van der Waals surface area contributed by atoms with Crippen molar-refractivity contribution >= 4 is 17.7 Å². The molecule has 0 aliphatic rings. The van der Waals surface area contributed by atoms with Gasteiger partial charge in [-0.05, 0) is 36.8 Å². The molecule has 0 spiro atoms. The van der Waals surface area contributed by atoms with Gasteiger partial charge < -0.3 is 5.11 Å². The van der Waals surface area contributed by atoms with E-state index in [4.69, 9.17) is 10.4 Å². The smallest absolute Gasteiger partial charge is 0.335 e.